The molecule has 2 N–H and O–H groups in total. The third-order valence-electron chi connectivity index (χ3n) is 7.16. The third kappa shape index (κ3) is 5.16. The number of alkyl halides is 3. The summed E-state index contributed by atoms with van der Waals surface area (Å²) in [6.45, 7) is 2.98. The first kappa shape index (κ1) is 27.0. The molecule has 3 aromatic carbocycles. The summed E-state index contributed by atoms with van der Waals surface area (Å²) in [5.74, 6) is -0.544. The summed E-state index contributed by atoms with van der Waals surface area (Å²) in [4.78, 5) is 24.2. The van der Waals surface area contributed by atoms with Gasteiger partial charge in [0.25, 0.3) is 0 Å². The number of ether oxygens (including phenoxy) is 1. The van der Waals surface area contributed by atoms with Crippen LogP contribution in [0.5, 0.6) is 0 Å². The molecule has 0 spiro atoms. The molecule has 1 amide bonds. The van der Waals surface area contributed by atoms with Crippen LogP contribution in [0.1, 0.15) is 48.3 Å². The number of aryl methyl sites for hydroxylation is 1. The summed E-state index contributed by atoms with van der Waals surface area (Å²) in [6, 6.07) is 19.6. The third-order valence-corrected chi connectivity index (χ3v) is 7.16. The summed E-state index contributed by atoms with van der Waals surface area (Å²) < 4.78 is 50.8. The van der Waals surface area contributed by atoms with Gasteiger partial charge in [-0.2, -0.15) is 13.2 Å². The van der Waals surface area contributed by atoms with E-state index >= 15 is 0 Å². The lowest BCUT2D eigenvalue weighted by Gasteiger charge is -2.19. The van der Waals surface area contributed by atoms with E-state index in [0.29, 0.717) is 24.1 Å². The lowest BCUT2D eigenvalue weighted by Crippen LogP contribution is -2.19. The minimum atomic E-state index is -4.59. The number of nitrogens with one attached hydrogen (secondary N) is 1. The molecule has 1 aromatic heterocycles. The van der Waals surface area contributed by atoms with Crippen molar-refractivity contribution in [2.24, 2.45) is 0 Å². The fraction of sp³-hybridized carbons (Fsp3) is 0.233. The molecule has 206 valence electrons. The average Bonchev–Trinajstić information content (AvgIpc) is 3.68. The van der Waals surface area contributed by atoms with Crippen molar-refractivity contribution in [3.8, 4) is 22.5 Å². The Labute approximate surface area is 227 Å². The Hall–Kier alpha value is -4.60. The first-order valence-corrected chi connectivity index (χ1v) is 12.5. The molecule has 1 aliphatic carbocycles. The molecular weight excluding hydrogens is 525 g/mol. The standard InChI is InChI=1S/C30H25F3N2O5/c1-17-25(34-28(38)39-18(2)23-5-3-4-6-24(23)30(31,32)33)26(40-35-17)21-9-7-19(8-10-21)20-11-13-22(14-12-20)29(15-16-29)27(36)37/h3-14,18H,15-16H2,1-2H3,(H,34,38)(H,36,37). The largest absolute Gasteiger partial charge is 0.481 e. The van der Waals surface area contributed by atoms with E-state index in [2.05, 4.69) is 10.5 Å². The highest BCUT2D eigenvalue weighted by atomic mass is 19.4. The lowest BCUT2D eigenvalue weighted by molar-refractivity contribution is -0.140. The minimum Gasteiger partial charge on any atom is -0.481 e. The number of carbonyl (C=O) groups is 2. The molecule has 1 aliphatic rings. The van der Waals surface area contributed by atoms with Crippen molar-refractivity contribution in [2.45, 2.75) is 44.4 Å². The zero-order valence-corrected chi connectivity index (χ0v) is 21.6. The molecule has 7 nitrogen and oxygen atoms in total. The van der Waals surface area contributed by atoms with Gasteiger partial charge in [0.15, 0.2) is 5.76 Å². The van der Waals surface area contributed by atoms with Gasteiger partial charge < -0.3 is 14.4 Å². The Morgan fingerprint density at radius 2 is 1.55 bits per heavy atom. The zero-order chi connectivity index (χ0) is 28.7. The number of amides is 1. The number of halogens is 3. The van der Waals surface area contributed by atoms with Crippen LogP contribution in [-0.4, -0.2) is 22.3 Å². The van der Waals surface area contributed by atoms with Crippen LogP contribution in [0.4, 0.5) is 23.7 Å². The van der Waals surface area contributed by atoms with E-state index in [1.807, 2.05) is 36.4 Å². The van der Waals surface area contributed by atoms with Gasteiger partial charge in [0.1, 0.15) is 17.5 Å². The van der Waals surface area contributed by atoms with Gasteiger partial charge in [-0.3, -0.25) is 10.1 Å². The number of hydrogen-bond donors (Lipinski definition) is 2. The van der Waals surface area contributed by atoms with Crippen LogP contribution < -0.4 is 5.32 Å². The Morgan fingerprint density at radius 3 is 2.12 bits per heavy atom. The van der Waals surface area contributed by atoms with Crippen LogP contribution >= 0.6 is 0 Å². The van der Waals surface area contributed by atoms with Crippen molar-refractivity contribution in [3.05, 3.63) is 95.2 Å². The highest BCUT2D eigenvalue weighted by Crippen LogP contribution is 2.48. The predicted molar refractivity (Wildman–Crippen MR) is 141 cm³/mol. The van der Waals surface area contributed by atoms with Crippen molar-refractivity contribution in [1.29, 1.82) is 0 Å². The van der Waals surface area contributed by atoms with Crippen LogP contribution in [0.15, 0.2) is 77.3 Å². The molecule has 0 bridgehead atoms. The topological polar surface area (TPSA) is 102 Å². The van der Waals surface area contributed by atoms with Crippen molar-refractivity contribution in [2.75, 3.05) is 5.32 Å². The molecule has 0 radical (unpaired) electrons. The minimum absolute atomic E-state index is 0.161. The van der Waals surface area contributed by atoms with Crippen LogP contribution in [-0.2, 0) is 21.1 Å². The molecule has 0 saturated heterocycles. The van der Waals surface area contributed by atoms with Crippen molar-refractivity contribution in [3.63, 3.8) is 0 Å². The fourth-order valence-corrected chi connectivity index (χ4v) is 4.73. The number of benzene rings is 3. The maximum Gasteiger partial charge on any atom is 0.416 e. The fourth-order valence-electron chi connectivity index (χ4n) is 4.73. The van der Waals surface area contributed by atoms with Crippen LogP contribution in [0.25, 0.3) is 22.5 Å². The number of rotatable bonds is 7. The highest BCUT2D eigenvalue weighted by Gasteiger charge is 2.51. The van der Waals surface area contributed by atoms with E-state index < -0.39 is 35.3 Å². The molecule has 5 rings (SSSR count). The molecule has 1 heterocycles. The number of carboxylic acid groups (broad SMARTS) is 1. The number of anilines is 1. The molecular formula is C30H25F3N2O5. The predicted octanol–water partition coefficient (Wildman–Crippen LogP) is 7.76. The van der Waals surface area contributed by atoms with E-state index in [9.17, 15) is 27.9 Å². The van der Waals surface area contributed by atoms with E-state index in [-0.39, 0.29) is 17.0 Å². The normalized spacial score (nSPS) is 14.8. The summed E-state index contributed by atoms with van der Waals surface area (Å²) in [5.41, 5.74) is 1.98. The first-order valence-electron chi connectivity index (χ1n) is 12.5. The van der Waals surface area contributed by atoms with Gasteiger partial charge in [-0.1, -0.05) is 71.9 Å². The second-order valence-electron chi connectivity index (χ2n) is 9.77. The number of aliphatic carboxylic acids is 1. The summed E-state index contributed by atoms with van der Waals surface area (Å²) in [7, 11) is 0. The van der Waals surface area contributed by atoms with Crippen LogP contribution in [0.3, 0.4) is 0 Å². The summed E-state index contributed by atoms with van der Waals surface area (Å²) >= 11 is 0. The molecule has 1 saturated carbocycles. The van der Waals surface area contributed by atoms with Gasteiger partial charge in [0.05, 0.1) is 11.0 Å². The monoisotopic (exact) mass is 550 g/mol. The van der Waals surface area contributed by atoms with E-state index in [4.69, 9.17) is 9.26 Å². The number of nitrogens with zero attached hydrogens (tertiary/aromatic N) is 1. The molecule has 10 heteroatoms. The number of aromatic nitrogens is 1. The second-order valence-corrected chi connectivity index (χ2v) is 9.77. The van der Waals surface area contributed by atoms with Gasteiger partial charge in [0, 0.05) is 11.1 Å². The Morgan fingerprint density at radius 1 is 0.975 bits per heavy atom. The van der Waals surface area contributed by atoms with Crippen molar-refractivity contribution in [1.82, 2.24) is 5.16 Å². The Bertz CT molecular complexity index is 1560. The average molecular weight is 551 g/mol. The maximum absolute atomic E-state index is 13.4. The highest BCUT2D eigenvalue weighted by molar-refractivity contribution is 5.91. The second kappa shape index (κ2) is 10.2. The number of carboxylic acids is 1. The van der Waals surface area contributed by atoms with Crippen LogP contribution in [0, 0.1) is 6.92 Å². The molecule has 1 unspecified atom stereocenters. The smallest absolute Gasteiger partial charge is 0.416 e. The lowest BCUT2D eigenvalue weighted by atomic mass is 9.93. The van der Waals surface area contributed by atoms with E-state index in [1.165, 1.54) is 25.1 Å². The molecule has 1 atom stereocenters. The SMILES string of the molecule is Cc1noc(-c2ccc(-c3ccc(C4(C(=O)O)CC4)cc3)cc2)c1NC(=O)OC(C)c1ccccc1C(F)(F)F. The van der Waals surface area contributed by atoms with Gasteiger partial charge in [-0.05, 0) is 49.4 Å². The van der Waals surface area contributed by atoms with Gasteiger partial charge in [-0.25, -0.2) is 4.79 Å². The van der Waals surface area contributed by atoms with Crippen molar-refractivity contribution < 1.29 is 37.1 Å². The van der Waals surface area contributed by atoms with Crippen molar-refractivity contribution >= 4 is 17.7 Å². The summed E-state index contributed by atoms with van der Waals surface area (Å²) in [5, 5.41) is 16.0. The maximum atomic E-state index is 13.4. The number of hydrogen-bond acceptors (Lipinski definition) is 5. The Balaban J connectivity index is 1.30. The molecule has 4 aromatic rings. The van der Waals surface area contributed by atoms with E-state index in [0.717, 1.165) is 22.8 Å². The van der Waals surface area contributed by atoms with Gasteiger partial charge >= 0.3 is 18.2 Å². The number of carbonyl (C=O) groups excluding carboxylic acids is 1. The molecule has 0 aliphatic heterocycles. The molecule has 40 heavy (non-hydrogen) atoms. The summed E-state index contributed by atoms with van der Waals surface area (Å²) in [6.07, 6.45) is -5.44. The van der Waals surface area contributed by atoms with Gasteiger partial charge in [0.2, 0.25) is 0 Å². The molecule has 1 fully saturated rings. The quantitative estimate of drug-likeness (QED) is 0.244. The van der Waals surface area contributed by atoms with Crippen LogP contribution in [0.2, 0.25) is 0 Å². The first-order chi connectivity index (χ1) is 19.0. The van der Waals surface area contributed by atoms with E-state index in [1.54, 1.807) is 19.1 Å². The van der Waals surface area contributed by atoms with Gasteiger partial charge in [-0.15, -0.1) is 0 Å². The Kier molecular flexibility index (Phi) is 6.87. The zero-order valence-electron chi connectivity index (χ0n) is 21.6.